The summed E-state index contributed by atoms with van der Waals surface area (Å²) in [7, 11) is 2.95. The van der Waals surface area contributed by atoms with Crippen molar-refractivity contribution in [2.45, 2.75) is 39.3 Å². The molecule has 10 heteroatoms. The lowest BCUT2D eigenvalue weighted by Crippen LogP contribution is -2.29. The van der Waals surface area contributed by atoms with Crippen LogP contribution < -0.4 is 20.3 Å². The number of aryl methyl sites for hydroxylation is 1. The first-order valence-electron chi connectivity index (χ1n) is 13.6. The van der Waals surface area contributed by atoms with Crippen LogP contribution in [0.15, 0.2) is 72.9 Å². The third-order valence-corrected chi connectivity index (χ3v) is 7.79. The zero-order valence-corrected chi connectivity index (χ0v) is 25.0. The normalized spacial score (nSPS) is 16.2. The fraction of sp³-hybridized carbons (Fsp3) is 0.250. The van der Waals surface area contributed by atoms with Gasteiger partial charge in [-0.1, -0.05) is 19.1 Å². The van der Waals surface area contributed by atoms with Crippen molar-refractivity contribution in [3.05, 3.63) is 101 Å². The average Bonchev–Trinajstić information content (AvgIpc) is 3.51. The van der Waals surface area contributed by atoms with E-state index >= 15 is 0 Å². The third kappa shape index (κ3) is 5.33. The summed E-state index contributed by atoms with van der Waals surface area (Å²) in [6.45, 7) is 5.90. The number of esters is 1. The van der Waals surface area contributed by atoms with Gasteiger partial charge in [0.25, 0.3) is 0 Å². The first-order chi connectivity index (χ1) is 20.3. The number of rotatable bonds is 8. The molecule has 5 rings (SSSR count). The molecule has 42 heavy (non-hydrogen) atoms. The van der Waals surface area contributed by atoms with Gasteiger partial charge in [-0.2, -0.15) is 0 Å². The van der Waals surface area contributed by atoms with E-state index in [-0.39, 0.29) is 18.0 Å². The number of carbonyl (C=O) groups excluding carboxylic acids is 2. The van der Waals surface area contributed by atoms with E-state index in [0.29, 0.717) is 28.5 Å². The molecule has 1 aliphatic heterocycles. The first kappa shape index (κ1) is 28.8. The molecule has 1 fully saturated rings. The first-order valence-corrected chi connectivity index (χ1v) is 14.0. The number of amides is 1. The van der Waals surface area contributed by atoms with Crippen LogP contribution in [0.3, 0.4) is 0 Å². The molecule has 0 radical (unpaired) electrons. The van der Waals surface area contributed by atoms with Crippen molar-refractivity contribution in [2.75, 3.05) is 24.4 Å². The highest BCUT2D eigenvalue weighted by atomic mass is 32.1. The minimum Gasteiger partial charge on any atom is -0.494 e. The van der Waals surface area contributed by atoms with E-state index in [1.165, 1.54) is 7.11 Å². The zero-order chi connectivity index (χ0) is 30.0. The largest absolute Gasteiger partial charge is 0.494 e. The standard InChI is InChI=1S/C32H33N5O4S/c1-6-28(38)34-25-14-13-23(18-27(25)40-4)37-30(29(35-32(37)42)26-12-7-8-15-33-26)24-16-19(2)36(20(24)3)22-11-9-10-21(17-22)31(39)41-5/h7-18,29-30H,6H2,1-5H3,(H,34,38)(H,35,42). The number of aromatic nitrogens is 2. The van der Waals surface area contributed by atoms with Gasteiger partial charge in [-0.3, -0.25) is 9.78 Å². The van der Waals surface area contributed by atoms with Crippen LogP contribution in [-0.4, -0.2) is 40.8 Å². The Morgan fingerprint density at radius 2 is 1.83 bits per heavy atom. The number of nitrogens with one attached hydrogen (secondary N) is 2. The van der Waals surface area contributed by atoms with Crippen molar-refractivity contribution < 1.29 is 19.1 Å². The molecule has 0 bridgehead atoms. The van der Waals surface area contributed by atoms with Gasteiger partial charge in [0.2, 0.25) is 5.91 Å². The molecule has 1 aliphatic rings. The number of nitrogens with zero attached hydrogens (tertiary/aromatic N) is 3. The van der Waals surface area contributed by atoms with Crippen LogP contribution in [0.25, 0.3) is 5.69 Å². The Bertz CT molecular complexity index is 1650. The van der Waals surface area contributed by atoms with Crippen LogP contribution in [0, 0.1) is 13.8 Å². The molecule has 2 atom stereocenters. The number of methoxy groups -OCH3 is 2. The van der Waals surface area contributed by atoms with E-state index in [9.17, 15) is 9.59 Å². The van der Waals surface area contributed by atoms with Crippen molar-refractivity contribution in [3.63, 3.8) is 0 Å². The van der Waals surface area contributed by atoms with Gasteiger partial charge in [0.15, 0.2) is 5.11 Å². The molecule has 0 spiro atoms. The molecule has 0 aliphatic carbocycles. The lowest BCUT2D eigenvalue weighted by Gasteiger charge is -2.29. The summed E-state index contributed by atoms with van der Waals surface area (Å²) in [6, 6.07) is 20.5. The molecule has 3 heterocycles. The topological polar surface area (TPSA) is 97.7 Å². The quantitative estimate of drug-likeness (QED) is 0.198. The minimum atomic E-state index is -0.390. The van der Waals surface area contributed by atoms with Gasteiger partial charge in [0, 0.05) is 41.4 Å². The monoisotopic (exact) mass is 583 g/mol. The van der Waals surface area contributed by atoms with Gasteiger partial charge in [0.1, 0.15) is 5.75 Å². The van der Waals surface area contributed by atoms with E-state index in [0.717, 1.165) is 34.0 Å². The second kappa shape index (κ2) is 12.0. The molecule has 9 nitrogen and oxygen atoms in total. The molecule has 216 valence electrons. The Balaban J connectivity index is 1.64. The van der Waals surface area contributed by atoms with Crippen molar-refractivity contribution in [2.24, 2.45) is 0 Å². The molecule has 2 N–H and O–H groups in total. The molecular formula is C32H33N5O4S. The maximum Gasteiger partial charge on any atom is 0.337 e. The van der Waals surface area contributed by atoms with E-state index in [1.54, 1.807) is 26.3 Å². The van der Waals surface area contributed by atoms with Crippen molar-refractivity contribution in [1.82, 2.24) is 14.9 Å². The van der Waals surface area contributed by atoms with Crippen LogP contribution in [-0.2, 0) is 9.53 Å². The van der Waals surface area contributed by atoms with Gasteiger partial charge in [-0.05, 0) is 80.2 Å². The summed E-state index contributed by atoms with van der Waals surface area (Å²) in [5.41, 5.74) is 6.61. The van der Waals surface area contributed by atoms with Crippen LogP contribution >= 0.6 is 12.2 Å². The lowest BCUT2D eigenvalue weighted by atomic mass is 9.96. The maximum absolute atomic E-state index is 12.3. The van der Waals surface area contributed by atoms with Gasteiger partial charge < -0.3 is 29.6 Å². The molecule has 1 amide bonds. The number of thiocarbonyl (C=S) groups is 1. The smallest absolute Gasteiger partial charge is 0.337 e. The highest BCUT2D eigenvalue weighted by molar-refractivity contribution is 7.80. The van der Waals surface area contributed by atoms with Gasteiger partial charge in [0.05, 0.1) is 43.2 Å². The average molecular weight is 584 g/mol. The number of hydrogen-bond acceptors (Lipinski definition) is 6. The Labute approximate surface area is 250 Å². The second-order valence-corrected chi connectivity index (χ2v) is 10.4. The fourth-order valence-corrected chi connectivity index (χ4v) is 5.84. The Morgan fingerprint density at radius 1 is 1.02 bits per heavy atom. The third-order valence-electron chi connectivity index (χ3n) is 7.47. The Hall–Kier alpha value is -4.70. The number of anilines is 2. The highest BCUT2D eigenvalue weighted by Crippen LogP contribution is 2.45. The van der Waals surface area contributed by atoms with Crippen LogP contribution in [0.5, 0.6) is 5.75 Å². The van der Waals surface area contributed by atoms with Gasteiger partial charge in [-0.25, -0.2) is 4.79 Å². The summed E-state index contributed by atoms with van der Waals surface area (Å²) in [6.07, 6.45) is 2.13. The van der Waals surface area contributed by atoms with Gasteiger partial charge >= 0.3 is 5.97 Å². The Morgan fingerprint density at radius 3 is 2.52 bits per heavy atom. The van der Waals surface area contributed by atoms with E-state index in [4.69, 9.17) is 21.7 Å². The SMILES string of the molecule is CCC(=O)Nc1ccc(N2C(=S)NC(c3ccccn3)C2c2cc(C)n(-c3cccc(C(=O)OC)c3)c2C)cc1OC. The summed E-state index contributed by atoms with van der Waals surface area (Å²) < 4.78 is 12.7. The lowest BCUT2D eigenvalue weighted by molar-refractivity contribution is -0.115. The number of pyridine rings is 1. The molecule has 2 aromatic carbocycles. The fourth-order valence-electron chi connectivity index (χ4n) is 5.49. The molecule has 2 unspecified atom stereocenters. The molecular weight excluding hydrogens is 550 g/mol. The number of benzene rings is 2. The Kier molecular flexibility index (Phi) is 8.26. The van der Waals surface area contributed by atoms with Crippen molar-refractivity contribution >= 4 is 40.6 Å². The molecule has 4 aromatic rings. The predicted molar refractivity (Wildman–Crippen MR) is 166 cm³/mol. The number of carbonyl (C=O) groups is 2. The summed E-state index contributed by atoms with van der Waals surface area (Å²) in [5.74, 6) is 0.0391. The van der Waals surface area contributed by atoms with Crippen molar-refractivity contribution in [1.29, 1.82) is 0 Å². The van der Waals surface area contributed by atoms with E-state index < -0.39 is 5.97 Å². The zero-order valence-electron chi connectivity index (χ0n) is 24.2. The highest BCUT2D eigenvalue weighted by Gasteiger charge is 2.42. The molecule has 0 saturated carbocycles. The summed E-state index contributed by atoms with van der Waals surface area (Å²) in [5, 5.41) is 6.94. The predicted octanol–water partition coefficient (Wildman–Crippen LogP) is 5.81. The van der Waals surface area contributed by atoms with E-state index in [2.05, 4.69) is 38.1 Å². The van der Waals surface area contributed by atoms with Crippen LogP contribution in [0.4, 0.5) is 11.4 Å². The summed E-state index contributed by atoms with van der Waals surface area (Å²) in [4.78, 5) is 31.1. The van der Waals surface area contributed by atoms with E-state index in [1.807, 2.05) is 61.5 Å². The van der Waals surface area contributed by atoms with Crippen LogP contribution in [0.2, 0.25) is 0 Å². The maximum atomic E-state index is 12.3. The second-order valence-electron chi connectivity index (χ2n) is 9.99. The number of hydrogen-bond donors (Lipinski definition) is 2. The molecule has 2 aromatic heterocycles. The van der Waals surface area contributed by atoms with Crippen molar-refractivity contribution in [3.8, 4) is 11.4 Å². The minimum absolute atomic E-state index is 0.101. The van der Waals surface area contributed by atoms with Gasteiger partial charge in [-0.15, -0.1) is 0 Å². The van der Waals surface area contributed by atoms with Crippen LogP contribution in [0.1, 0.15) is 58.4 Å². The molecule has 1 saturated heterocycles. The number of ether oxygens (including phenoxy) is 2. The summed E-state index contributed by atoms with van der Waals surface area (Å²) >= 11 is 5.93.